The van der Waals surface area contributed by atoms with Crippen molar-refractivity contribution in [2.45, 2.75) is 31.2 Å². The van der Waals surface area contributed by atoms with Crippen molar-refractivity contribution in [2.75, 3.05) is 18.5 Å². The third kappa shape index (κ3) is 5.48. The summed E-state index contributed by atoms with van der Waals surface area (Å²) >= 11 is 0. The van der Waals surface area contributed by atoms with Gasteiger partial charge in [0.2, 0.25) is 5.91 Å². The summed E-state index contributed by atoms with van der Waals surface area (Å²) in [5.41, 5.74) is 3.31. The van der Waals surface area contributed by atoms with Crippen molar-refractivity contribution < 1.29 is 17.9 Å². The lowest BCUT2D eigenvalue weighted by Gasteiger charge is -2.20. The number of benzene rings is 3. The molecule has 0 aliphatic carbocycles. The predicted octanol–water partition coefficient (Wildman–Crippen LogP) is 4.25. The minimum Gasteiger partial charge on any atom is -0.497 e. The van der Waals surface area contributed by atoms with Crippen molar-refractivity contribution in [1.82, 2.24) is 5.32 Å². The molecule has 0 saturated carbocycles. The maximum atomic E-state index is 12.9. The summed E-state index contributed by atoms with van der Waals surface area (Å²) in [7, 11) is -0.518. The van der Waals surface area contributed by atoms with E-state index in [1.807, 2.05) is 38.1 Å². The predicted molar refractivity (Wildman–Crippen MR) is 126 cm³/mol. The molecule has 0 heterocycles. The van der Waals surface area contributed by atoms with Gasteiger partial charge in [-0.05, 0) is 61.4 Å². The molecule has 3 rings (SSSR count). The molecular formula is C25H28N2O4S. The van der Waals surface area contributed by atoms with Crippen molar-refractivity contribution >= 4 is 21.6 Å². The average Bonchev–Trinajstić information content (AvgIpc) is 2.79. The Balaban J connectivity index is 1.63. The quantitative estimate of drug-likeness (QED) is 0.554. The van der Waals surface area contributed by atoms with E-state index in [1.54, 1.807) is 55.6 Å². The molecule has 32 heavy (non-hydrogen) atoms. The van der Waals surface area contributed by atoms with E-state index < -0.39 is 10.0 Å². The molecule has 1 amide bonds. The fourth-order valence-electron chi connectivity index (χ4n) is 3.28. The molecule has 1 atom stereocenters. The van der Waals surface area contributed by atoms with Crippen LogP contribution in [0, 0.1) is 6.92 Å². The first kappa shape index (κ1) is 23.3. The number of rotatable bonds is 8. The van der Waals surface area contributed by atoms with Gasteiger partial charge in [0.05, 0.1) is 30.2 Å². The number of ether oxygens (including phenoxy) is 1. The molecular weight excluding hydrogens is 424 g/mol. The molecule has 0 spiro atoms. The minimum absolute atomic E-state index is 0.110. The first-order chi connectivity index (χ1) is 15.2. The SMILES string of the molecule is COc1ccc([C@H](C)NC(=O)Cc2ccc(N(C)S(=O)(=O)c3ccc(C)cc3)cc2)cc1. The van der Waals surface area contributed by atoms with Crippen LogP contribution in [0.25, 0.3) is 0 Å². The van der Waals surface area contributed by atoms with Crippen LogP contribution >= 0.6 is 0 Å². The van der Waals surface area contributed by atoms with Crippen molar-refractivity contribution in [3.8, 4) is 5.75 Å². The molecule has 0 saturated heterocycles. The zero-order chi connectivity index (χ0) is 23.3. The van der Waals surface area contributed by atoms with Gasteiger partial charge in [0, 0.05) is 7.05 Å². The van der Waals surface area contributed by atoms with Crippen molar-refractivity contribution in [1.29, 1.82) is 0 Å². The summed E-state index contributed by atoms with van der Waals surface area (Å²) in [6.45, 7) is 3.83. The highest BCUT2D eigenvalue weighted by molar-refractivity contribution is 7.92. The van der Waals surface area contributed by atoms with E-state index >= 15 is 0 Å². The number of hydrogen-bond donors (Lipinski definition) is 1. The van der Waals surface area contributed by atoms with E-state index in [9.17, 15) is 13.2 Å². The maximum absolute atomic E-state index is 12.9. The molecule has 3 aromatic rings. The first-order valence-electron chi connectivity index (χ1n) is 10.3. The Morgan fingerprint density at radius 1 is 0.969 bits per heavy atom. The number of carbonyl (C=O) groups is 1. The third-order valence-corrected chi connectivity index (χ3v) is 7.14. The molecule has 0 aliphatic rings. The number of nitrogens with zero attached hydrogens (tertiary/aromatic N) is 1. The largest absolute Gasteiger partial charge is 0.497 e. The number of aryl methyl sites for hydroxylation is 1. The van der Waals surface area contributed by atoms with Crippen LogP contribution in [-0.4, -0.2) is 28.5 Å². The molecule has 6 nitrogen and oxygen atoms in total. The molecule has 3 aromatic carbocycles. The number of methoxy groups -OCH3 is 1. The third-order valence-electron chi connectivity index (χ3n) is 5.34. The van der Waals surface area contributed by atoms with Gasteiger partial charge in [-0.2, -0.15) is 0 Å². The second kappa shape index (κ2) is 9.87. The van der Waals surface area contributed by atoms with Crippen LogP contribution < -0.4 is 14.4 Å². The lowest BCUT2D eigenvalue weighted by molar-refractivity contribution is -0.121. The number of sulfonamides is 1. The topological polar surface area (TPSA) is 75.7 Å². The van der Waals surface area contributed by atoms with Gasteiger partial charge in [0.15, 0.2) is 0 Å². The second-order valence-electron chi connectivity index (χ2n) is 7.69. The standard InChI is InChI=1S/C25H28N2O4S/c1-18-5-15-24(16-6-18)32(29,30)27(3)22-11-7-20(8-12-22)17-25(28)26-19(2)21-9-13-23(31-4)14-10-21/h5-16,19H,17H2,1-4H3,(H,26,28)/t19-/m0/s1. The zero-order valence-corrected chi connectivity index (χ0v) is 19.5. The summed E-state index contributed by atoms with van der Waals surface area (Å²) < 4.78 is 32.1. The fraction of sp³-hybridized carbons (Fsp3) is 0.240. The van der Waals surface area contributed by atoms with Gasteiger partial charge in [0.25, 0.3) is 10.0 Å². The molecule has 0 radical (unpaired) electrons. The van der Waals surface area contributed by atoms with Crippen molar-refractivity contribution in [3.05, 3.63) is 89.5 Å². The summed E-state index contributed by atoms with van der Waals surface area (Å²) in [6, 6.07) is 21.1. The summed E-state index contributed by atoms with van der Waals surface area (Å²) in [4.78, 5) is 12.7. The Bertz CT molecular complexity index is 1160. The van der Waals surface area contributed by atoms with Crippen molar-refractivity contribution in [3.63, 3.8) is 0 Å². The Labute approximate surface area is 189 Å². The van der Waals surface area contributed by atoms with Gasteiger partial charge in [-0.25, -0.2) is 8.42 Å². The van der Waals surface area contributed by atoms with Gasteiger partial charge in [-0.1, -0.05) is 42.0 Å². The monoisotopic (exact) mass is 452 g/mol. The van der Waals surface area contributed by atoms with Gasteiger partial charge < -0.3 is 10.1 Å². The number of amides is 1. The molecule has 0 aromatic heterocycles. The maximum Gasteiger partial charge on any atom is 0.264 e. The minimum atomic E-state index is -3.65. The molecule has 0 fully saturated rings. The van der Waals surface area contributed by atoms with Crippen LogP contribution in [0.15, 0.2) is 77.7 Å². The lowest BCUT2D eigenvalue weighted by Crippen LogP contribution is -2.28. The second-order valence-corrected chi connectivity index (χ2v) is 9.66. The number of nitrogens with one attached hydrogen (secondary N) is 1. The molecule has 1 N–H and O–H groups in total. The van der Waals surface area contributed by atoms with E-state index in [1.165, 1.54) is 11.4 Å². The molecule has 0 aliphatic heterocycles. The van der Waals surface area contributed by atoms with Gasteiger partial charge in [0.1, 0.15) is 5.75 Å². The van der Waals surface area contributed by atoms with Crippen LogP contribution in [0.2, 0.25) is 0 Å². The van der Waals surface area contributed by atoms with E-state index in [2.05, 4.69) is 5.32 Å². The molecule has 168 valence electrons. The Morgan fingerprint density at radius 3 is 2.12 bits per heavy atom. The van der Waals surface area contributed by atoms with Crippen molar-refractivity contribution in [2.24, 2.45) is 0 Å². The molecule has 7 heteroatoms. The lowest BCUT2D eigenvalue weighted by atomic mass is 10.1. The Kier molecular flexibility index (Phi) is 7.20. The summed E-state index contributed by atoms with van der Waals surface area (Å²) in [5.74, 6) is 0.656. The number of carbonyl (C=O) groups excluding carboxylic acids is 1. The zero-order valence-electron chi connectivity index (χ0n) is 18.7. The van der Waals surface area contributed by atoms with Crippen LogP contribution in [0.5, 0.6) is 5.75 Å². The molecule has 0 bridgehead atoms. The molecule has 0 unspecified atom stereocenters. The van der Waals surface area contributed by atoms with Gasteiger partial charge in [-0.15, -0.1) is 0 Å². The van der Waals surface area contributed by atoms with Gasteiger partial charge in [-0.3, -0.25) is 9.10 Å². The fourth-order valence-corrected chi connectivity index (χ4v) is 4.48. The van der Waals surface area contributed by atoms with E-state index in [0.29, 0.717) is 5.69 Å². The normalized spacial score (nSPS) is 12.1. The summed E-state index contributed by atoms with van der Waals surface area (Å²) in [6.07, 6.45) is 0.204. The number of anilines is 1. The number of hydrogen-bond acceptors (Lipinski definition) is 4. The highest BCUT2D eigenvalue weighted by atomic mass is 32.2. The van der Waals surface area contributed by atoms with E-state index in [4.69, 9.17) is 4.74 Å². The van der Waals surface area contributed by atoms with E-state index in [-0.39, 0.29) is 23.3 Å². The Hall–Kier alpha value is -3.32. The van der Waals surface area contributed by atoms with Crippen LogP contribution in [-0.2, 0) is 21.2 Å². The average molecular weight is 453 g/mol. The highest BCUT2D eigenvalue weighted by Gasteiger charge is 2.21. The highest BCUT2D eigenvalue weighted by Crippen LogP contribution is 2.23. The van der Waals surface area contributed by atoms with Crippen LogP contribution in [0.4, 0.5) is 5.69 Å². The smallest absolute Gasteiger partial charge is 0.264 e. The van der Waals surface area contributed by atoms with Gasteiger partial charge >= 0.3 is 0 Å². The van der Waals surface area contributed by atoms with Crippen LogP contribution in [0.3, 0.4) is 0 Å². The van der Waals surface area contributed by atoms with Crippen LogP contribution in [0.1, 0.15) is 29.7 Å². The first-order valence-corrected chi connectivity index (χ1v) is 11.7. The Morgan fingerprint density at radius 2 is 1.56 bits per heavy atom. The summed E-state index contributed by atoms with van der Waals surface area (Å²) in [5, 5.41) is 2.98. The van der Waals surface area contributed by atoms with E-state index in [0.717, 1.165) is 22.4 Å².